The zero-order chi connectivity index (χ0) is 15.5. The third kappa shape index (κ3) is 3.23. The Kier molecular flexibility index (Phi) is 4.02. The lowest BCUT2D eigenvalue weighted by Crippen LogP contribution is -1.96. The van der Waals surface area contributed by atoms with Crippen molar-refractivity contribution in [2.75, 3.05) is 0 Å². The van der Waals surface area contributed by atoms with E-state index in [9.17, 15) is 8.78 Å². The molecular formula is C15H9ClF2N2O2. The van der Waals surface area contributed by atoms with Crippen molar-refractivity contribution in [3.8, 4) is 17.2 Å². The van der Waals surface area contributed by atoms with Crippen molar-refractivity contribution in [3.63, 3.8) is 0 Å². The third-order valence-electron chi connectivity index (χ3n) is 2.81. The maximum Gasteiger partial charge on any atom is 0.254 e. The van der Waals surface area contributed by atoms with Crippen LogP contribution >= 0.6 is 11.6 Å². The summed E-state index contributed by atoms with van der Waals surface area (Å²) >= 11 is 5.80. The first-order valence-electron chi connectivity index (χ1n) is 6.28. The van der Waals surface area contributed by atoms with E-state index in [0.29, 0.717) is 10.9 Å². The van der Waals surface area contributed by atoms with Crippen LogP contribution in [0.5, 0.6) is 5.75 Å². The molecule has 3 aromatic rings. The summed E-state index contributed by atoms with van der Waals surface area (Å²) in [6.45, 7) is -0.0499. The maximum atomic E-state index is 13.0. The quantitative estimate of drug-likeness (QED) is 0.720. The van der Waals surface area contributed by atoms with E-state index in [-0.39, 0.29) is 18.2 Å². The second-order valence-corrected chi connectivity index (χ2v) is 4.81. The molecule has 0 spiro atoms. The number of hydrogen-bond acceptors (Lipinski definition) is 4. The fourth-order valence-electron chi connectivity index (χ4n) is 1.73. The fraction of sp³-hybridized carbons (Fsp3) is 0.0667. The molecule has 0 aliphatic heterocycles. The molecule has 0 unspecified atom stereocenters. The molecule has 0 saturated carbocycles. The van der Waals surface area contributed by atoms with Crippen LogP contribution in [0.4, 0.5) is 8.78 Å². The molecule has 0 bridgehead atoms. The predicted molar refractivity (Wildman–Crippen MR) is 75.4 cm³/mol. The van der Waals surface area contributed by atoms with E-state index >= 15 is 0 Å². The molecule has 112 valence electrons. The lowest BCUT2D eigenvalue weighted by molar-refractivity contribution is 0.262. The van der Waals surface area contributed by atoms with Gasteiger partial charge >= 0.3 is 0 Å². The molecule has 0 aliphatic carbocycles. The zero-order valence-electron chi connectivity index (χ0n) is 11.1. The molecule has 0 N–H and O–H groups in total. The van der Waals surface area contributed by atoms with E-state index in [1.54, 1.807) is 24.3 Å². The Hall–Kier alpha value is -2.47. The second kappa shape index (κ2) is 6.11. The highest BCUT2D eigenvalue weighted by molar-refractivity contribution is 6.30. The van der Waals surface area contributed by atoms with Gasteiger partial charge in [-0.05, 0) is 36.4 Å². The molecule has 0 fully saturated rings. The van der Waals surface area contributed by atoms with Crippen LogP contribution in [0, 0.1) is 11.6 Å². The van der Waals surface area contributed by atoms with Crippen molar-refractivity contribution in [2.45, 2.75) is 6.61 Å². The van der Waals surface area contributed by atoms with Crippen molar-refractivity contribution in [1.29, 1.82) is 0 Å². The Morgan fingerprint density at radius 3 is 2.50 bits per heavy atom. The highest BCUT2D eigenvalue weighted by Crippen LogP contribution is 2.21. The van der Waals surface area contributed by atoms with E-state index in [4.69, 9.17) is 20.8 Å². The van der Waals surface area contributed by atoms with Crippen LogP contribution < -0.4 is 4.74 Å². The minimum atomic E-state index is -0.982. The first-order valence-corrected chi connectivity index (χ1v) is 6.66. The van der Waals surface area contributed by atoms with Gasteiger partial charge in [-0.2, -0.15) is 0 Å². The highest BCUT2D eigenvalue weighted by atomic mass is 35.5. The van der Waals surface area contributed by atoms with Gasteiger partial charge in [-0.1, -0.05) is 11.6 Å². The smallest absolute Gasteiger partial charge is 0.254 e. The van der Waals surface area contributed by atoms with Gasteiger partial charge in [0.25, 0.3) is 5.89 Å². The zero-order valence-corrected chi connectivity index (χ0v) is 11.8. The lowest BCUT2D eigenvalue weighted by atomic mass is 10.2. The molecule has 4 nitrogen and oxygen atoms in total. The van der Waals surface area contributed by atoms with Crippen LogP contribution in [0.1, 0.15) is 5.89 Å². The average Bonchev–Trinajstić information content (AvgIpc) is 2.98. The first-order chi connectivity index (χ1) is 10.6. The number of nitrogens with zero attached hydrogens (tertiary/aromatic N) is 2. The molecule has 0 amide bonds. The summed E-state index contributed by atoms with van der Waals surface area (Å²) in [5, 5.41) is 8.32. The van der Waals surface area contributed by atoms with E-state index in [2.05, 4.69) is 10.2 Å². The fourth-order valence-corrected chi connectivity index (χ4v) is 1.86. The number of aromatic nitrogens is 2. The first kappa shape index (κ1) is 14.5. The standard InChI is InChI=1S/C15H9ClF2N2O2/c16-10-3-1-9(2-4-10)15-20-19-14(22-15)8-21-11-5-6-12(17)13(18)7-11/h1-7H,8H2. The van der Waals surface area contributed by atoms with Gasteiger partial charge in [0.15, 0.2) is 18.2 Å². The molecule has 0 atom stereocenters. The highest BCUT2D eigenvalue weighted by Gasteiger charge is 2.10. The van der Waals surface area contributed by atoms with Crippen molar-refractivity contribution < 1.29 is 17.9 Å². The minimum absolute atomic E-state index is 0.0499. The summed E-state index contributed by atoms with van der Waals surface area (Å²) in [6.07, 6.45) is 0. The molecule has 0 saturated heterocycles. The Labute approximate surface area is 129 Å². The Morgan fingerprint density at radius 1 is 1.00 bits per heavy atom. The van der Waals surface area contributed by atoms with Crippen LogP contribution in [0.2, 0.25) is 5.02 Å². The Bertz CT molecular complexity index is 790. The molecule has 3 rings (SSSR count). The van der Waals surface area contributed by atoms with Crippen molar-refractivity contribution in [1.82, 2.24) is 10.2 Å². The third-order valence-corrected chi connectivity index (χ3v) is 3.06. The number of benzene rings is 2. The van der Waals surface area contributed by atoms with Crippen LogP contribution in [0.15, 0.2) is 46.9 Å². The Morgan fingerprint density at radius 2 is 1.77 bits per heavy atom. The van der Waals surface area contributed by atoms with Gasteiger partial charge in [0.05, 0.1) is 0 Å². The SMILES string of the molecule is Fc1ccc(OCc2nnc(-c3ccc(Cl)cc3)o2)cc1F. The molecule has 7 heteroatoms. The van der Waals surface area contributed by atoms with Crippen molar-refractivity contribution in [3.05, 3.63) is 65.0 Å². The maximum absolute atomic E-state index is 13.0. The van der Waals surface area contributed by atoms with Gasteiger partial charge in [-0.15, -0.1) is 10.2 Å². The summed E-state index contributed by atoms with van der Waals surface area (Å²) in [5.41, 5.74) is 0.718. The molecular weight excluding hydrogens is 314 g/mol. The topological polar surface area (TPSA) is 48.2 Å². The van der Waals surface area contributed by atoms with E-state index in [0.717, 1.165) is 17.7 Å². The van der Waals surface area contributed by atoms with Gasteiger partial charge in [0.2, 0.25) is 5.89 Å². The summed E-state index contributed by atoms with van der Waals surface area (Å²) in [7, 11) is 0. The van der Waals surface area contributed by atoms with Crippen molar-refractivity contribution in [2.24, 2.45) is 0 Å². The van der Waals surface area contributed by atoms with Gasteiger partial charge < -0.3 is 9.15 Å². The van der Waals surface area contributed by atoms with E-state index in [1.807, 2.05) is 0 Å². The predicted octanol–water partition coefficient (Wildman–Crippen LogP) is 4.25. The summed E-state index contributed by atoms with van der Waals surface area (Å²) in [5.74, 6) is -1.21. The van der Waals surface area contributed by atoms with Gasteiger partial charge in [0.1, 0.15) is 5.75 Å². The normalized spacial score (nSPS) is 10.7. The van der Waals surface area contributed by atoms with Gasteiger partial charge in [-0.3, -0.25) is 0 Å². The number of ether oxygens (including phenoxy) is 1. The lowest BCUT2D eigenvalue weighted by Gasteiger charge is -2.03. The summed E-state index contributed by atoms with van der Waals surface area (Å²) < 4.78 is 36.5. The molecule has 1 heterocycles. The van der Waals surface area contributed by atoms with E-state index in [1.165, 1.54) is 6.07 Å². The van der Waals surface area contributed by atoms with Gasteiger partial charge in [0, 0.05) is 16.7 Å². The second-order valence-electron chi connectivity index (χ2n) is 4.37. The van der Waals surface area contributed by atoms with E-state index < -0.39 is 11.6 Å². The Balaban J connectivity index is 1.69. The molecule has 1 aromatic heterocycles. The average molecular weight is 323 g/mol. The molecule has 22 heavy (non-hydrogen) atoms. The van der Waals surface area contributed by atoms with Crippen LogP contribution in [-0.2, 0) is 6.61 Å². The molecule has 2 aromatic carbocycles. The molecule has 0 radical (unpaired) electrons. The van der Waals surface area contributed by atoms with Crippen LogP contribution in [0.3, 0.4) is 0 Å². The largest absolute Gasteiger partial charge is 0.484 e. The van der Waals surface area contributed by atoms with Crippen LogP contribution in [-0.4, -0.2) is 10.2 Å². The molecule has 0 aliphatic rings. The van der Waals surface area contributed by atoms with Crippen LogP contribution in [0.25, 0.3) is 11.5 Å². The van der Waals surface area contributed by atoms with Gasteiger partial charge in [-0.25, -0.2) is 8.78 Å². The minimum Gasteiger partial charge on any atom is -0.484 e. The van der Waals surface area contributed by atoms with Crippen molar-refractivity contribution >= 4 is 11.6 Å². The summed E-state index contributed by atoms with van der Waals surface area (Å²) in [6, 6.07) is 10.2. The summed E-state index contributed by atoms with van der Waals surface area (Å²) in [4.78, 5) is 0. The number of hydrogen-bond donors (Lipinski definition) is 0. The number of rotatable bonds is 4. The number of halogens is 3. The monoisotopic (exact) mass is 322 g/mol.